The first kappa shape index (κ1) is 31.1. The first-order valence-electron chi connectivity index (χ1n) is 14.8. The number of rotatable bonds is 7. The molecule has 0 radical (unpaired) electrons. The molecule has 0 saturated carbocycles. The number of likely N-dealkylation sites (tertiary alicyclic amines) is 1. The lowest BCUT2D eigenvalue weighted by Crippen LogP contribution is -2.59. The number of carboxylic acids is 1. The topological polar surface area (TPSA) is 116 Å². The lowest BCUT2D eigenvalue weighted by atomic mass is 9.71. The number of hydrogen-bond donors (Lipinski definition) is 2. The summed E-state index contributed by atoms with van der Waals surface area (Å²) in [4.78, 5) is 56.5. The molecule has 1 fully saturated rings. The summed E-state index contributed by atoms with van der Waals surface area (Å²) in [5.41, 5.74) is 1.11. The monoisotopic (exact) mass is 577 g/mol. The van der Waals surface area contributed by atoms with E-state index in [1.807, 2.05) is 68.4 Å². The van der Waals surface area contributed by atoms with E-state index in [0.717, 1.165) is 16.7 Å². The first-order valence-corrected chi connectivity index (χ1v) is 14.8. The molecule has 0 bridgehead atoms. The Morgan fingerprint density at radius 1 is 1.00 bits per heavy atom. The van der Waals surface area contributed by atoms with Crippen LogP contribution in [0.4, 0.5) is 4.79 Å². The Labute approximate surface area is 248 Å². The highest BCUT2D eigenvalue weighted by atomic mass is 16.6. The summed E-state index contributed by atoms with van der Waals surface area (Å²) in [7, 11) is 0. The lowest BCUT2D eigenvalue weighted by Gasteiger charge is -2.44. The normalized spacial score (nSPS) is 19.7. The van der Waals surface area contributed by atoms with Gasteiger partial charge in [0.1, 0.15) is 17.7 Å². The summed E-state index contributed by atoms with van der Waals surface area (Å²) in [6.07, 6.45) is 1.12. The Kier molecular flexibility index (Phi) is 9.28. The number of ether oxygens (including phenoxy) is 1. The smallest absolute Gasteiger partial charge is 0.411 e. The van der Waals surface area contributed by atoms with Gasteiger partial charge in [0.2, 0.25) is 11.8 Å². The number of aliphatic carboxylic acids is 1. The lowest BCUT2D eigenvalue weighted by molar-refractivity contribution is -0.145. The van der Waals surface area contributed by atoms with Crippen molar-refractivity contribution in [2.45, 2.75) is 89.9 Å². The van der Waals surface area contributed by atoms with Crippen molar-refractivity contribution >= 4 is 23.9 Å². The maximum absolute atomic E-state index is 14.1. The molecule has 2 heterocycles. The van der Waals surface area contributed by atoms with Crippen molar-refractivity contribution in [3.05, 3.63) is 71.3 Å². The molecular weight excluding hydrogens is 534 g/mol. The SMILES string of the molecule is CC[C@H](C)[C@H](NC(=O)C1(c2ccccc2)CCN(C(=O)[C@@H]2Cc3ccccc3CN2C(=O)OC(C)(C)C)CC1)C(=O)O. The van der Waals surface area contributed by atoms with Crippen molar-refractivity contribution in [2.24, 2.45) is 5.92 Å². The number of hydrogen-bond acceptors (Lipinski definition) is 5. The van der Waals surface area contributed by atoms with Gasteiger partial charge in [-0.15, -0.1) is 0 Å². The molecule has 9 heteroatoms. The molecule has 2 aliphatic heterocycles. The van der Waals surface area contributed by atoms with E-state index < -0.39 is 35.2 Å². The zero-order valence-electron chi connectivity index (χ0n) is 25.3. The molecule has 42 heavy (non-hydrogen) atoms. The van der Waals surface area contributed by atoms with E-state index in [1.165, 1.54) is 4.90 Å². The molecule has 3 amide bonds. The van der Waals surface area contributed by atoms with Gasteiger partial charge in [0.25, 0.3) is 0 Å². The molecule has 4 rings (SSSR count). The van der Waals surface area contributed by atoms with Crippen molar-refractivity contribution in [2.75, 3.05) is 13.1 Å². The summed E-state index contributed by atoms with van der Waals surface area (Å²) in [6, 6.07) is 15.4. The van der Waals surface area contributed by atoms with Gasteiger partial charge >= 0.3 is 12.1 Å². The van der Waals surface area contributed by atoms with Gasteiger partial charge in [0.05, 0.1) is 12.0 Å². The average molecular weight is 578 g/mol. The molecule has 2 aromatic rings. The third-order valence-electron chi connectivity index (χ3n) is 8.62. The van der Waals surface area contributed by atoms with Crippen molar-refractivity contribution in [3.63, 3.8) is 0 Å². The highest BCUT2D eigenvalue weighted by Gasteiger charge is 2.47. The van der Waals surface area contributed by atoms with Gasteiger partial charge < -0.3 is 20.1 Å². The number of amides is 3. The summed E-state index contributed by atoms with van der Waals surface area (Å²) < 4.78 is 5.68. The molecule has 226 valence electrons. The van der Waals surface area contributed by atoms with E-state index in [9.17, 15) is 24.3 Å². The number of benzene rings is 2. The molecule has 1 saturated heterocycles. The second-order valence-corrected chi connectivity index (χ2v) is 12.5. The molecule has 2 aromatic carbocycles. The number of carbonyl (C=O) groups excluding carboxylic acids is 3. The molecule has 3 atom stereocenters. The number of fused-ring (bicyclic) bond motifs is 1. The van der Waals surface area contributed by atoms with Gasteiger partial charge in [-0.1, -0.05) is 74.9 Å². The third-order valence-corrected chi connectivity index (χ3v) is 8.62. The average Bonchev–Trinajstić information content (AvgIpc) is 2.97. The zero-order valence-corrected chi connectivity index (χ0v) is 25.3. The standard InChI is InChI=1S/C33H43N3O6/c1-6-22(2)27(29(38)39)34-30(40)33(25-14-8-7-9-15-25)16-18-35(19-17-33)28(37)26-20-23-12-10-11-13-24(23)21-36(26)31(41)42-32(3,4)5/h7-15,22,26-27H,6,16-21H2,1-5H3,(H,34,40)(H,38,39)/t22-,26-,27-/m0/s1. The number of carboxylic acid groups (broad SMARTS) is 1. The molecule has 9 nitrogen and oxygen atoms in total. The van der Waals surface area contributed by atoms with Crippen LogP contribution in [-0.2, 0) is 37.5 Å². The first-order chi connectivity index (χ1) is 19.9. The molecule has 2 N–H and O–H groups in total. The minimum Gasteiger partial charge on any atom is -0.480 e. The fourth-order valence-corrected chi connectivity index (χ4v) is 5.94. The van der Waals surface area contributed by atoms with Crippen molar-refractivity contribution < 1.29 is 29.0 Å². The van der Waals surface area contributed by atoms with Gasteiger partial charge in [-0.05, 0) is 56.2 Å². The summed E-state index contributed by atoms with van der Waals surface area (Å²) >= 11 is 0. The predicted molar refractivity (Wildman–Crippen MR) is 159 cm³/mol. The maximum Gasteiger partial charge on any atom is 0.411 e. The zero-order chi connectivity index (χ0) is 30.7. The Morgan fingerprint density at radius 2 is 1.60 bits per heavy atom. The highest BCUT2D eigenvalue weighted by molar-refractivity contribution is 5.92. The highest BCUT2D eigenvalue weighted by Crippen LogP contribution is 2.37. The van der Waals surface area contributed by atoms with Crippen LogP contribution in [0.3, 0.4) is 0 Å². The molecule has 0 unspecified atom stereocenters. The summed E-state index contributed by atoms with van der Waals surface area (Å²) in [5, 5.41) is 12.7. The van der Waals surface area contributed by atoms with E-state index in [-0.39, 0.29) is 24.3 Å². The van der Waals surface area contributed by atoms with E-state index in [2.05, 4.69) is 5.32 Å². The maximum atomic E-state index is 14.1. The van der Waals surface area contributed by atoms with E-state index in [1.54, 1.807) is 25.7 Å². The number of nitrogens with one attached hydrogen (secondary N) is 1. The van der Waals surface area contributed by atoms with Crippen LogP contribution in [-0.4, -0.2) is 69.6 Å². The van der Waals surface area contributed by atoms with E-state index in [4.69, 9.17) is 4.74 Å². The van der Waals surface area contributed by atoms with Crippen molar-refractivity contribution in [1.82, 2.24) is 15.1 Å². The van der Waals surface area contributed by atoms with Gasteiger partial charge in [-0.3, -0.25) is 14.5 Å². The number of carbonyl (C=O) groups is 4. The van der Waals surface area contributed by atoms with E-state index >= 15 is 0 Å². The fourth-order valence-electron chi connectivity index (χ4n) is 5.94. The molecule has 0 aliphatic carbocycles. The molecule has 2 aliphatic rings. The summed E-state index contributed by atoms with van der Waals surface area (Å²) in [6.45, 7) is 9.98. The van der Waals surface area contributed by atoms with Crippen LogP contribution in [0.1, 0.15) is 70.6 Å². The van der Waals surface area contributed by atoms with Crippen LogP contribution in [0.2, 0.25) is 0 Å². The Balaban J connectivity index is 1.58. The van der Waals surface area contributed by atoms with Crippen LogP contribution >= 0.6 is 0 Å². The third kappa shape index (κ3) is 6.61. The van der Waals surface area contributed by atoms with Crippen LogP contribution < -0.4 is 5.32 Å². The predicted octanol–water partition coefficient (Wildman–Crippen LogP) is 4.52. The Morgan fingerprint density at radius 3 is 2.17 bits per heavy atom. The van der Waals surface area contributed by atoms with Crippen LogP contribution in [0.25, 0.3) is 0 Å². The van der Waals surface area contributed by atoms with Gasteiger partial charge in [-0.2, -0.15) is 0 Å². The number of nitrogens with zero attached hydrogens (tertiary/aromatic N) is 2. The second kappa shape index (κ2) is 12.5. The molecule has 0 aromatic heterocycles. The van der Waals surface area contributed by atoms with Crippen molar-refractivity contribution in [3.8, 4) is 0 Å². The van der Waals surface area contributed by atoms with Gasteiger partial charge in [-0.25, -0.2) is 9.59 Å². The van der Waals surface area contributed by atoms with Crippen LogP contribution in [0.5, 0.6) is 0 Å². The Hall–Kier alpha value is -3.88. The Bertz CT molecular complexity index is 1300. The van der Waals surface area contributed by atoms with Gasteiger partial charge in [0, 0.05) is 19.5 Å². The summed E-state index contributed by atoms with van der Waals surface area (Å²) in [5.74, 6) is -1.82. The second-order valence-electron chi connectivity index (χ2n) is 12.5. The minimum atomic E-state index is -1.06. The molecule has 0 spiro atoms. The van der Waals surface area contributed by atoms with Crippen LogP contribution in [0.15, 0.2) is 54.6 Å². The minimum absolute atomic E-state index is 0.180. The molecular formula is C33H43N3O6. The van der Waals surface area contributed by atoms with E-state index in [0.29, 0.717) is 38.8 Å². The number of piperidine rings is 1. The van der Waals surface area contributed by atoms with Gasteiger partial charge in [0.15, 0.2) is 0 Å². The van der Waals surface area contributed by atoms with Crippen molar-refractivity contribution in [1.29, 1.82) is 0 Å². The fraction of sp³-hybridized carbons (Fsp3) is 0.515. The largest absolute Gasteiger partial charge is 0.480 e. The van der Waals surface area contributed by atoms with Crippen LogP contribution in [0, 0.1) is 5.92 Å². The quantitative estimate of drug-likeness (QED) is 0.500.